The normalized spacial score (nSPS) is 13.6. The maximum Gasteiger partial charge on any atom is 0.124 e. The Hall–Kier alpha value is -0.450. The van der Waals surface area contributed by atoms with E-state index in [-0.39, 0.29) is 17.5 Å². The molecule has 0 bridgehead atoms. The van der Waals surface area contributed by atoms with Gasteiger partial charge in [0.1, 0.15) is 5.82 Å². The summed E-state index contributed by atoms with van der Waals surface area (Å²) >= 11 is 3.42. The molecule has 0 saturated heterocycles. The molecule has 1 aromatic rings. The van der Waals surface area contributed by atoms with Crippen molar-refractivity contribution in [1.82, 2.24) is 5.32 Å². The summed E-state index contributed by atoms with van der Waals surface area (Å²) in [5.74, 6) is -0.223. The van der Waals surface area contributed by atoms with Gasteiger partial charge in [-0.2, -0.15) is 0 Å². The Morgan fingerprint density at radius 1 is 1.42 bits per heavy atom. The van der Waals surface area contributed by atoms with E-state index < -0.39 is 0 Å². The molecular weight excluding hydrogens is 309 g/mol. The van der Waals surface area contributed by atoms with Gasteiger partial charge in [0.25, 0.3) is 0 Å². The van der Waals surface area contributed by atoms with Crippen molar-refractivity contribution in [2.75, 3.05) is 13.7 Å². The van der Waals surface area contributed by atoms with E-state index in [1.165, 1.54) is 12.1 Å². The second-order valence-electron chi connectivity index (χ2n) is 5.25. The van der Waals surface area contributed by atoms with Crippen LogP contribution in [-0.2, 0) is 11.2 Å². The van der Waals surface area contributed by atoms with Crippen LogP contribution in [0.5, 0.6) is 0 Å². The van der Waals surface area contributed by atoms with Crippen LogP contribution in [0.4, 0.5) is 4.39 Å². The van der Waals surface area contributed by atoms with Crippen LogP contribution in [0.15, 0.2) is 22.7 Å². The third-order valence-electron chi connectivity index (χ3n) is 3.45. The number of benzene rings is 1. The summed E-state index contributed by atoms with van der Waals surface area (Å²) in [5.41, 5.74) is 0.809. The van der Waals surface area contributed by atoms with Gasteiger partial charge in [0.2, 0.25) is 0 Å². The number of hydrogen-bond acceptors (Lipinski definition) is 2. The van der Waals surface area contributed by atoms with Crippen LogP contribution in [0, 0.1) is 5.82 Å². The van der Waals surface area contributed by atoms with Crippen LogP contribution in [-0.4, -0.2) is 25.3 Å². The summed E-state index contributed by atoms with van der Waals surface area (Å²) in [4.78, 5) is 0. The minimum atomic E-state index is -0.275. The van der Waals surface area contributed by atoms with Gasteiger partial charge in [-0.05, 0) is 50.9 Å². The third kappa shape index (κ3) is 4.86. The first-order valence-corrected chi connectivity index (χ1v) is 7.42. The highest BCUT2D eigenvalue weighted by Gasteiger charge is 2.29. The summed E-state index contributed by atoms with van der Waals surface area (Å²) in [5, 5.41) is 3.51. The van der Waals surface area contributed by atoms with Gasteiger partial charge in [0.15, 0.2) is 0 Å². The molecule has 1 unspecified atom stereocenters. The molecule has 0 radical (unpaired) electrons. The van der Waals surface area contributed by atoms with E-state index in [2.05, 4.69) is 42.0 Å². The fourth-order valence-electron chi connectivity index (χ4n) is 1.93. The highest BCUT2D eigenvalue weighted by Crippen LogP contribution is 2.24. The molecule has 0 aliphatic heterocycles. The van der Waals surface area contributed by atoms with Crippen LogP contribution >= 0.6 is 15.9 Å². The van der Waals surface area contributed by atoms with Gasteiger partial charge in [-0.3, -0.25) is 0 Å². The van der Waals surface area contributed by atoms with Crippen LogP contribution < -0.4 is 5.32 Å². The van der Waals surface area contributed by atoms with E-state index in [4.69, 9.17) is 4.74 Å². The Morgan fingerprint density at radius 3 is 2.63 bits per heavy atom. The number of rotatable bonds is 7. The Labute approximate surface area is 123 Å². The molecule has 1 rings (SSSR count). The molecule has 19 heavy (non-hydrogen) atoms. The van der Waals surface area contributed by atoms with Crippen molar-refractivity contribution >= 4 is 15.9 Å². The molecule has 1 atom stereocenters. The lowest BCUT2D eigenvalue weighted by molar-refractivity contribution is -0.0100. The van der Waals surface area contributed by atoms with Crippen molar-refractivity contribution in [1.29, 1.82) is 0 Å². The number of nitrogens with one attached hydrogen (secondary N) is 1. The van der Waals surface area contributed by atoms with Crippen molar-refractivity contribution in [3.05, 3.63) is 34.1 Å². The smallest absolute Gasteiger partial charge is 0.124 e. The lowest BCUT2D eigenvalue weighted by atomic mass is 9.92. The van der Waals surface area contributed by atoms with Crippen molar-refractivity contribution in [2.45, 2.75) is 45.3 Å². The molecule has 0 amide bonds. The molecule has 0 heterocycles. The molecule has 0 aliphatic carbocycles. The monoisotopic (exact) mass is 331 g/mol. The Bertz CT molecular complexity index is 409. The van der Waals surface area contributed by atoms with Crippen LogP contribution in [0.25, 0.3) is 0 Å². The molecular formula is C15H23BrFNO. The Kier molecular flexibility index (Phi) is 6.43. The number of methoxy groups -OCH3 is 1. The summed E-state index contributed by atoms with van der Waals surface area (Å²) < 4.78 is 19.5. The molecule has 0 fully saturated rings. The quantitative estimate of drug-likeness (QED) is 0.817. The molecule has 0 spiro atoms. The van der Waals surface area contributed by atoms with E-state index in [9.17, 15) is 4.39 Å². The number of ether oxygens (including phenoxy) is 1. The predicted octanol–water partition coefficient (Wildman–Crippen LogP) is 3.92. The first kappa shape index (κ1) is 16.6. The molecule has 2 nitrogen and oxygen atoms in total. The van der Waals surface area contributed by atoms with E-state index in [1.807, 2.05) is 6.07 Å². The second kappa shape index (κ2) is 7.36. The van der Waals surface area contributed by atoms with Gasteiger partial charge in [-0.25, -0.2) is 4.39 Å². The molecule has 0 aliphatic rings. The fraction of sp³-hybridized carbons (Fsp3) is 0.600. The Morgan fingerprint density at radius 2 is 2.11 bits per heavy atom. The molecule has 108 valence electrons. The Balaban J connectivity index is 2.87. The zero-order valence-electron chi connectivity index (χ0n) is 12.1. The zero-order valence-corrected chi connectivity index (χ0v) is 13.7. The van der Waals surface area contributed by atoms with Gasteiger partial charge < -0.3 is 10.1 Å². The molecule has 1 N–H and O–H groups in total. The van der Waals surface area contributed by atoms with E-state index in [0.29, 0.717) is 0 Å². The lowest BCUT2D eigenvalue weighted by Gasteiger charge is -2.34. The van der Waals surface area contributed by atoms with Crippen molar-refractivity contribution in [2.24, 2.45) is 0 Å². The van der Waals surface area contributed by atoms with E-state index in [0.717, 1.165) is 29.4 Å². The van der Waals surface area contributed by atoms with Gasteiger partial charge in [-0.15, -0.1) is 0 Å². The standard InChI is InChI=1S/C15H23BrFNO/c1-5-8-18-14(15(2,3)19-4)9-11-6-7-12(17)10-13(11)16/h6-7,10,14,18H,5,8-9H2,1-4H3. The maximum atomic E-state index is 13.1. The fourth-order valence-corrected chi connectivity index (χ4v) is 2.44. The average Bonchev–Trinajstić information content (AvgIpc) is 2.36. The highest BCUT2D eigenvalue weighted by atomic mass is 79.9. The highest BCUT2D eigenvalue weighted by molar-refractivity contribution is 9.10. The van der Waals surface area contributed by atoms with Crippen LogP contribution in [0.3, 0.4) is 0 Å². The second-order valence-corrected chi connectivity index (χ2v) is 6.11. The molecule has 1 aromatic carbocycles. The minimum Gasteiger partial charge on any atom is -0.377 e. The minimum absolute atomic E-state index is 0.180. The van der Waals surface area contributed by atoms with E-state index >= 15 is 0 Å². The van der Waals surface area contributed by atoms with Gasteiger partial charge >= 0.3 is 0 Å². The first-order valence-electron chi connectivity index (χ1n) is 6.63. The van der Waals surface area contributed by atoms with Crippen LogP contribution in [0.2, 0.25) is 0 Å². The lowest BCUT2D eigenvalue weighted by Crippen LogP contribution is -2.49. The van der Waals surface area contributed by atoms with Gasteiger partial charge in [0.05, 0.1) is 5.60 Å². The summed E-state index contributed by atoms with van der Waals surface area (Å²) in [6.07, 6.45) is 1.86. The predicted molar refractivity (Wildman–Crippen MR) is 81.0 cm³/mol. The number of halogens is 2. The maximum absolute atomic E-state index is 13.1. The van der Waals surface area contributed by atoms with Gasteiger partial charge in [0, 0.05) is 17.6 Å². The summed E-state index contributed by atoms with van der Waals surface area (Å²) in [6, 6.07) is 5.01. The molecule has 0 saturated carbocycles. The van der Waals surface area contributed by atoms with Crippen LogP contribution in [0.1, 0.15) is 32.8 Å². The summed E-state index contributed by atoms with van der Waals surface area (Å²) in [6.45, 7) is 7.21. The first-order chi connectivity index (χ1) is 8.90. The van der Waals surface area contributed by atoms with Crippen molar-refractivity contribution < 1.29 is 9.13 Å². The van der Waals surface area contributed by atoms with Crippen molar-refractivity contribution in [3.63, 3.8) is 0 Å². The molecule has 4 heteroatoms. The zero-order chi connectivity index (χ0) is 14.5. The average molecular weight is 332 g/mol. The largest absolute Gasteiger partial charge is 0.377 e. The number of hydrogen-bond donors (Lipinski definition) is 1. The van der Waals surface area contributed by atoms with E-state index in [1.54, 1.807) is 7.11 Å². The van der Waals surface area contributed by atoms with Crippen molar-refractivity contribution in [3.8, 4) is 0 Å². The SMILES string of the molecule is CCCNC(Cc1ccc(F)cc1Br)C(C)(C)OC. The molecule has 0 aromatic heterocycles. The topological polar surface area (TPSA) is 21.3 Å². The third-order valence-corrected chi connectivity index (χ3v) is 4.18. The van der Waals surface area contributed by atoms with Gasteiger partial charge in [-0.1, -0.05) is 28.9 Å². The summed E-state index contributed by atoms with van der Waals surface area (Å²) in [7, 11) is 1.72.